The van der Waals surface area contributed by atoms with Crippen molar-refractivity contribution in [2.24, 2.45) is 5.73 Å². The highest BCUT2D eigenvalue weighted by atomic mass is 16.5. The van der Waals surface area contributed by atoms with E-state index in [0.717, 1.165) is 37.6 Å². The van der Waals surface area contributed by atoms with Gasteiger partial charge in [0.1, 0.15) is 5.75 Å². The van der Waals surface area contributed by atoms with E-state index in [2.05, 4.69) is 24.8 Å². The SMILES string of the molecule is CC(C)Oc1ccccc1C(N)C(C)(C)N1CCOCC1. The van der Waals surface area contributed by atoms with Gasteiger partial charge in [0, 0.05) is 24.2 Å². The summed E-state index contributed by atoms with van der Waals surface area (Å²) in [6.07, 6.45) is 0.143. The Morgan fingerprint density at radius 3 is 2.43 bits per heavy atom. The van der Waals surface area contributed by atoms with E-state index in [1.807, 2.05) is 32.0 Å². The minimum atomic E-state index is -0.139. The van der Waals surface area contributed by atoms with Crippen LogP contribution in [0.2, 0.25) is 0 Å². The van der Waals surface area contributed by atoms with E-state index < -0.39 is 0 Å². The van der Waals surface area contributed by atoms with E-state index in [1.54, 1.807) is 0 Å². The van der Waals surface area contributed by atoms with Crippen LogP contribution in [0.25, 0.3) is 0 Å². The molecule has 1 aromatic carbocycles. The third-order valence-corrected chi connectivity index (χ3v) is 4.20. The molecule has 0 bridgehead atoms. The van der Waals surface area contributed by atoms with E-state index in [-0.39, 0.29) is 17.7 Å². The Labute approximate surface area is 128 Å². The lowest BCUT2D eigenvalue weighted by molar-refractivity contribution is -0.0193. The number of para-hydroxylation sites is 1. The molecule has 4 nitrogen and oxygen atoms in total. The van der Waals surface area contributed by atoms with Crippen molar-refractivity contribution >= 4 is 0 Å². The normalized spacial score (nSPS) is 18.8. The Kier molecular flexibility index (Phi) is 5.25. The quantitative estimate of drug-likeness (QED) is 0.906. The number of benzene rings is 1. The minimum Gasteiger partial charge on any atom is -0.491 e. The number of nitrogens with zero attached hydrogens (tertiary/aromatic N) is 1. The van der Waals surface area contributed by atoms with Crippen LogP contribution in [0.5, 0.6) is 5.75 Å². The van der Waals surface area contributed by atoms with Crippen molar-refractivity contribution in [2.75, 3.05) is 26.3 Å². The Hall–Kier alpha value is -1.10. The fourth-order valence-corrected chi connectivity index (χ4v) is 2.82. The van der Waals surface area contributed by atoms with E-state index in [0.29, 0.717) is 0 Å². The van der Waals surface area contributed by atoms with Gasteiger partial charge in [-0.2, -0.15) is 0 Å². The van der Waals surface area contributed by atoms with Crippen LogP contribution >= 0.6 is 0 Å². The van der Waals surface area contributed by atoms with E-state index in [9.17, 15) is 0 Å². The number of hydrogen-bond donors (Lipinski definition) is 1. The second-order valence-corrected chi connectivity index (χ2v) is 6.44. The monoisotopic (exact) mass is 292 g/mol. The fraction of sp³-hybridized carbons (Fsp3) is 0.647. The van der Waals surface area contributed by atoms with Gasteiger partial charge in [0.05, 0.1) is 25.4 Å². The third-order valence-electron chi connectivity index (χ3n) is 4.20. The Morgan fingerprint density at radius 2 is 1.81 bits per heavy atom. The van der Waals surface area contributed by atoms with Crippen LogP contribution in [0.15, 0.2) is 24.3 Å². The van der Waals surface area contributed by atoms with Gasteiger partial charge in [-0.3, -0.25) is 4.90 Å². The van der Waals surface area contributed by atoms with Gasteiger partial charge in [-0.1, -0.05) is 18.2 Å². The molecule has 1 aliphatic heterocycles. The smallest absolute Gasteiger partial charge is 0.124 e. The largest absolute Gasteiger partial charge is 0.491 e. The molecular formula is C17H28N2O2. The molecule has 1 aromatic rings. The van der Waals surface area contributed by atoms with Crippen LogP contribution in [0, 0.1) is 0 Å². The molecule has 0 saturated carbocycles. The van der Waals surface area contributed by atoms with Crippen LogP contribution in [-0.4, -0.2) is 42.8 Å². The third kappa shape index (κ3) is 3.76. The highest BCUT2D eigenvalue weighted by Crippen LogP contribution is 2.34. The van der Waals surface area contributed by atoms with Crippen molar-refractivity contribution < 1.29 is 9.47 Å². The molecule has 1 aliphatic rings. The highest BCUT2D eigenvalue weighted by molar-refractivity contribution is 5.37. The Morgan fingerprint density at radius 1 is 1.19 bits per heavy atom. The average molecular weight is 292 g/mol. The van der Waals surface area contributed by atoms with Gasteiger partial charge in [-0.25, -0.2) is 0 Å². The van der Waals surface area contributed by atoms with Crippen LogP contribution in [-0.2, 0) is 4.74 Å². The van der Waals surface area contributed by atoms with Crippen LogP contribution in [0.4, 0.5) is 0 Å². The first-order chi connectivity index (χ1) is 9.93. The van der Waals surface area contributed by atoms with Crippen molar-refractivity contribution in [1.29, 1.82) is 0 Å². The molecular weight excluding hydrogens is 264 g/mol. The van der Waals surface area contributed by atoms with E-state index in [4.69, 9.17) is 15.2 Å². The van der Waals surface area contributed by atoms with Crippen molar-refractivity contribution in [2.45, 2.75) is 45.4 Å². The molecule has 1 heterocycles. The first-order valence-electron chi connectivity index (χ1n) is 7.77. The molecule has 1 unspecified atom stereocenters. The maximum atomic E-state index is 6.62. The molecule has 0 aromatic heterocycles. The Balaban J connectivity index is 2.23. The minimum absolute atomic E-state index is 0.106. The topological polar surface area (TPSA) is 47.7 Å². The summed E-state index contributed by atoms with van der Waals surface area (Å²) >= 11 is 0. The summed E-state index contributed by atoms with van der Waals surface area (Å²) in [6.45, 7) is 11.9. The maximum Gasteiger partial charge on any atom is 0.124 e. The molecule has 2 N–H and O–H groups in total. The number of hydrogen-bond acceptors (Lipinski definition) is 4. The first kappa shape index (κ1) is 16.3. The number of ether oxygens (including phenoxy) is 2. The standard InChI is InChI=1S/C17H28N2O2/c1-13(2)21-15-8-6-5-7-14(15)16(18)17(3,4)19-9-11-20-12-10-19/h5-8,13,16H,9-12,18H2,1-4H3. The second-order valence-electron chi connectivity index (χ2n) is 6.44. The van der Waals surface area contributed by atoms with Crippen LogP contribution in [0.3, 0.4) is 0 Å². The Bertz CT molecular complexity index is 454. The predicted octanol–water partition coefficient (Wildman–Crippen LogP) is 2.58. The van der Waals surface area contributed by atoms with Crippen molar-refractivity contribution in [3.8, 4) is 5.75 Å². The molecule has 1 atom stereocenters. The molecule has 0 amide bonds. The van der Waals surface area contributed by atoms with E-state index >= 15 is 0 Å². The summed E-state index contributed by atoms with van der Waals surface area (Å²) in [5, 5.41) is 0. The molecule has 118 valence electrons. The van der Waals surface area contributed by atoms with Crippen LogP contribution < -0.4 is 10.5 Å². The highest BCUT2D eigenvalue weighted by Gasteiger charge is 2.36. The average Bonchev–Trinajstić information content (AvgIpc) is 2.47. The lowest BCUT2D eigenvalue weighted by atomic mass is 9.86. The zero-order chi connectivity index (χ0) is 15.5. The zero-order valence-electron chi connectivity index (χ0n) is 13.6. The molecule has 0 radical (unpaired) electrons. The van der Waals surface area contributed by atoms with Gasteiger partial charge < -0.3 is 15.2 Å². The maximum absolute atomic E-state index is 6.62. The lowest BCUT2D eigenvalue weighted by Crippen LogP contribution is -2.55. The number of rotatable bonds is 5. The van der Waals surface area contributed by atoms with Crippen molar-refractivity contribution in [3.05, 3.63) is 29.8 Å². The molecule has 1 saturated heterocycles. The van der Waals surface area contributed by atoms with Crippen molar-refractivity contribution in [3.63, 3.8) is 0 Å². The zero-order valence-corrected chi connectivity index (χ0v) is 13.6. The second kappa shape index (κ2) is 6.77. The summed E-state index contributed by atoms with van der Waals surface area (Å²) < 4.78 is 11.4. The van der Waals surface area contributed by atoms with E-state index in [1.165, 1.54) is 0 Å². The molecule has 2 rings (SSSR count). The van der Waals surface area contributed by atoms with Gasteiger partial charge in [0.15, 0.2) is 0 Å². The fourth-order valence-electron chi connectivity index (χ4n) is 2.82. The van der Waals surface area contributed by atoms with Gasteiger partial charge in [0.25, 0.3) is 0 Å². The molecule has 4 heteroatoms. The molecule has 21 heavy (non-hydrogen) atoms. The van der Waals surface area contributed by atoms with Gasteiger partial charge in [0.2, 0.25) is 0 Å². The predicted molar refractivity (Wildman–Crippen MR) is 85.6 cm³/mol. The summed E-state index contributed by atoms with van der Waals surface area (Å²) in [4.78, 5) is 2.41. The summed E-state index contributed by atoms with van der Waals surface area (Å²) in [7, 11) is 0. The van der Waals surface area contributed by atoms with Gasteiger partial charge in [-0.15, -0.1) is 0 Å². The summed E-state index contributed by atoms with van der Waals surface area (Å²) in [6, 6.07) is 7.99. The number of morpholine rings is 1. The summed E-state index contributed by atoms with van der Waals surface area (Å²) in [5.41, 5.74) is 7.55. The first-order valence-corrected chi connectivity index (χ1v) is 7.77. The molecule has 1 fully saturated rings. The number of nitrogens with two attached hydrogens (primary N) is 1. The summed E-state index contributed by atoms with van der Waals surface area (Å²) in [5.74, 6) is 0.890. The van der Waals surface area contributed by atoms with Crippen molar-refractivity contribution in [1.82, 2.24) is 4.90 Å². The van der Waals surface area contributed by atoms with Gasteiger partial charge in [-0.05, 0) is 33.8 Å². The molecule has 0 spiro atoms. The molecule has 0 aliphatic carbocycles. The van der Waals surface area contributed by atoms with Gasteiger partial charge >= 0.3 is 0 Å². The lowest BCUT2D eigenvalue weighted by Gasteiger charge is -2.44. The van der Waals surface area contributed by atoms with Crippen LogP contribution in [0.1, 0.15) is 39.3 Å².